The number of hydrogen-bond donors (Lipinski definition) is 3. The number of rotatable bonds is 5. The molecule has 2 amide bonds. The van der Waals surface area contributed by atoms with Crippen LogP contribution in [0.4, 0.5) is 0 Å². The Kier molecular flexibility index (Phi) is 7.60. The molecule has 0 aromatic heterocycles. The number of carbonyl (C=O) groups is 2. The third-order valence-corrected chi connectivity index (χ3v) is 13.4. The second-order valence-corrected chi connectivity index (χ2v) is 15.9. The number of hydrogen-bond acceptors (Lipinski definition) is 5. The summed E-state index contributed by atoms with van der Waals surface area (Å²) >= 11 is 0. The van der Waals surface area contributed by atoms with Gasteiger partial charge >= 0.3 is 0 Å². The molecule has 0 unspecified atom stereocenters. The summed E-state index contributed by atoms with van der Waals surface area (Å²) in [7, 11) is 3.80. The molecule has 0 aromatic rings. The Balaban J connectivity index is 1.08. The normalized spacial score (nSPS) is 49.6. The molecular weight excluding hydrogens is 500 g/mol. The molecule has 0 bridgehead atoms. The topological polar surface area (TPSA) is 82.7 Å². The summed E-state index contributed by atoms with van der Waals surface area (Å²) in [6, 6.07) is 0.208. The van der Waals surface area contributed by atoms with Crippen LogP contribution in [0, 0.1) is 52.3 Å². The first-order valence-electron chi connectivity index (χ1n) is 16.6. The van der Waals surface area contributed by atoms with E-state index in [1.54, 1.807) is 0 Å². The monoisotopic (exact) mass is 556 g/mol. The molecular formula is C33H56N4O3. The van der Waals surface area contributed by atoms with Gasteiger partial charge in [0.2, 0.25) is 11.8 Å². The van der Waals surface area contributed by atoms with E-state index in [0.717, 1.165) is 43.1 Å². The summed E-state index contributed by atoms with van der Waals surface area (Å²) in [5.74, 6) is 4.80. The second-order valence-electron chi connectivity index (χ2n) is 15.9. The third kappa shape index (κ3) is 4.74. The van der Waals surface area contributed by atoms with Gasteiger partial charge in [-0.15, -0.1) is 0 Å². The second kappa shape index (κ2) is 10.5. The molecule has 1 spiro atoms. The largest absolute Gasteiger partial charge is 0.357 e. The smallest absolute Gasteiger partial charge is 0.230 e. The van der Waals surface area contributed by atoms with Gasteiger partial charge in [-0.1, -0.05) is 27.7 Å². The predicted molar refractivity (Wildman–Crippen MR) is 157 cm³/mol. The van der Waals surface area contributed by atoms with Crippen molar-refractivity contribution in [3.63, 3.8) is 0 Å². The molecule has 3 N–H and O–H groups in total. The van der Waals surface area contributed by atoms with Crippen molar-refractivity contribution in [2.45, 2.75) is 116 Å². The molecule has 2 heterocycles. The van der Waals surface area contributed by atoms with Gasteiger partial charge in [0.15, 0.2) is 0 Å². The van der Waals surface area contributed by atoms with E-state index in [2.05, 4.69) is 43.6 Å². The highest BCUT2D eigenvalue weighted by atomic mass is 16.5. The van der Waals surface area contributed by atoms with Crippen LogP contribution in [0.5, 0.6) is 0 Å². The average molecular weight is 557 g/mol. The van der Waals surface area contributed by atoms with Crippen molar-refractivity contribution in [2.24, 2.45) is 52.3 Å². The molecule has 0 aromatic carbocycles. The van der Waals surface area contributed by atoms with E-state index in [1.165, 1.54) is 51.4 Å². The van der Waals surface area contributed by atoms with Gasteiger partial charge in [0.05, 0.1) is 12.8 Å². The predicted octanol–water partition coefficient (Wildman–Crippen LogP) is 4.52. The van der Waals surface area contributed by atoms with Crippen molar-refractivity contribution in [3.8, 4) is 0 Å². The zero-order valence-electron chi connectivity index (χ0n) is 26.1. The van der Waals surface area contributed by atoms with E-state index in [9.17, 15) is 9.59 Å². The lowest BCUT2D eigenvalue weighted by Crippen LogP contribution is -2.58. The summed E-state index contributed by atoms with van der Waals surface area (Å²) in [5, 5.41) is 9.93. The summed E-state index contributed by atoms with van der Waals surface area (Å²) in [6.45, 7) is 11.7. The fourth-order valence-corrected chi connectivity index (χ4v) is 11.3. The van der Waals surface area contributed by atoms with Crippen molar-refractivity contribution in [3.05, 3.63) is 0 Å². The highest BCUT2D eigenvalue weighted by Gasteiger charge is 2.68. The minimum absolute atomic E-state index is 0.0735. The zero-order chi connectivity index (χ0) is 28.4. The van der Waals surface area contributed by atoms with Gasteiger partial charge in [-0.25, -0.2) is 0 Å². The van der Waals surface area contributed by atoms with Crippen LogP contribution >= 0.6 is 0 Å². The van der Waals surface area contributed by atoms with E-state index < -0.39 is 0 Å². The molecule has 4 saturated carbocycles. The molecule has 12 atom stereocenters. The quantitative estimate of drug-likeness (QED) is 0.343. The Labute approximate surface area is 242 Å². The molecule has 7 heteroatoms. The summed E-state index contributed by atoms with van der Waals surface area (Å²) in [6.07, 6.45) is 12.7. The van der Waals surface area contributed by atoms with Crippen LogP contribution in [0.3, 0.4) is 0 Å². The average Bonchev–Trinajstić information content (AvgIpc) is 3.34. The van der Waals surface area contributed by atoms with Gasteiger partial charge in [-0.2, -0.15) is 0 Å². The Hall–Kier alpha value is -1.18. The van der Waals surface area contributed by atoms with E-state index in [0.29, 0.717) is 41.4 Å². The lowest BCUT2D eigenvalue weighted by atomic mass is 9.44. The Bertz CT molecular complexity index is 979. The zero-order valence-corrected chi connectivity index (χ0v) is 26.1. The minimum Gasteiger partial charge on any atom is -0.357 e. The number of nitrogens with zero attached hydrogens (tertiary/aromatic N) is 1. The summed E-state index contributed by atoms with van der Waals surface area (Å²) in [5.41, 5.74) is 0.703. The van der Waals surface area contributed by atoms with Crippen molar-refractivity contribution < 1.29 is 14.3 Å². The summed E-state index contributed by atoms with van der Waals surface area (Å²) in [4.78, 5) is 26.7. The first-order chi connectivity index (χ1) is 18.9. The van der Waals surface area contributed by atoms with Crippen LogP contribution < -0.4 is 16.0 Å². The minimum atomic E-state index is -0.197. The fraction of sp³-hybridized carbons (Fsp3) is 0.939. The molecule has 226 valence electrons. The first-order valence-corrected chi connectivity index (χ1v) is 16.6. The lowest BCUT2D eigenvalue weighted by Gasteiger charge is -2.61. The van der Waals surface area contributed by atoms with Gasteiger partial charge in [0, 0.05) is 18.5 Å². The van der Waals surface area contributed by atoms with Crippen LogP contribution in [-0.2, 0) is 14.3 Å². The van der Waals surface area contributed by atoms with Gasteiger partial charge in [0.1, 0.15) is 12.1 Å². The lowest BCUT2D eigenvalue weighted by molar-refractivity contribution is -0.137. The Morgan fingerprint density at radius 2 is 1.70 bits per heavy atom. The van der Waals surface area contributed by atoms with Gasteiger partial charge in [0.25, 0.3) is 0 Å². The molecule has 0 radical (unpaired) electrons. The standard InChI is InChI=1S/C33H56N4O3/c1-20-9-14-33(35-18-20)21(2)30-27(40-33)16-26-24-8-7-22-15-23(36-29(39)17-28(38)34-19-37(5)6)10-12-31(22,3)25(24)11-13-32(26,30)4/h20-27,30,35H,7-19H2,1-6H3,(H,34,38)(H,36,39)/t20-,21+,22+,23+,24-,25+,26+,27+,30+,31+,32+,33-/m1/s1. The van der Waals surface area contributed by atoms with Gasteiger partial charge in [-0.05, 0) is 125 Å². The first kappa shape index (κ1) is 28.9. The van der Waals surface area contributed by atoms with Gasteiger partial charge < -0.3 is 15.4 Å². The van der Waals surface area contributed by atoms with Crippen molar-refractivity contribution >= 4 is 11.8 Å². The molecule has 2 aliphatic heterocycles. The van der Waals surface area contributed by atoms with Crippen LogP contribution in [0.25, 0.3) is 0 Å². The number of carbonyl (C=O) groups excluding carboxylic acids is 2. The molecule has 7 nitrogen and oxygen atoms in total. The number of ether oxygens (including phenoxy) is 1. The van der Waals surface area contributed by atoms with Crippen molar-refractivity contribution in [2.75, 3.05) is 27.3 Å². The molecule has 4 aliphatic carbocycles. The highest BCUT2D eigenvalue weighted by molar-refractivity contribution is 5.96. The Morgan fingerprint density at radius 3 is 2.42 bits per heavy atom. The maximum absolute atomic E-state index is 12.6. The third-order valence-electron chi connectivity index (χ3n) is 13.4. The molecule has 6 aliphatic rings. The van der Waals surface area contributed by atoms with Crippen LogP contribution in [0.15, 0.2) is 0 Å². The van der Waals surface area contributed by atoms with Gasteiger partial charge in [-0.3, -0.25) is 19.8 Å². The molecule has 6 fully saturated rings. The fourth-order valence-electron chi connectivity index (χ4n) is 11.3. The van der Waals surface area contributed by atoms with E-state index >= 15 is 0 Å². The van der Waals surface area contributed by atoms with E-state index in [4.69, 9.17) is 4.74 Å². The highest BCUT2D eigenvalue weighted by Crippen LogP contribution is 2.71. The number of piperidine rings is 1. The van der Waals surface area contributed by atoms with E-state index in [1.807, 2.05) is 19.0 Å². The van der Waals surface area contributed by atoms with Crippen molar-refractivity contribution in [1.29, 1.82) is 0 Å². The van der Waals surface area contributed by atoms with Crippen LogP contribution in [0.1, 0.15) is 98.3 Å². The SMILES string of the molecule is C[C@@H]1CC[C@@]2(NC1)O[C@H]1C[C@H]3[C@@H]4CC[C@H]5C[C@@H](NC(=O)CC(=O)NCN(C)C)CC[C@]5(C)[C@H]4CC[C@]3(C)[C@H]1[C@@H]2C. The molecule has 40 heavy (non-hydrogen) atoms. The van der Waals surface area contributed by atoms with Crippen LogP contribution in [-0.4, -0.2) is 61.9 Å². The number of nitrogens with one attached hydrogen (secondary N) is 3. The van der Waals surface area contributed by atoms with E-state index in [-0.39, 0.29) is 30.0 Å². The molecule has 2 saturated heterocycles. The molecule has 6 rings (SSSR count). The summed E-state index contributed by atoms with van der Waals surface area (Å²) < 4.78 is 7.07. The maximum Gasteiger partial charge on any atom is 0.230 e. The maximum atomic E-state index is 12.6. The van der Waals surface area contributed by atoms with Crippen LogP contribution in [0.2, 0.25) is 0 Å². The number of fused-ring (bicyclic) bond motifs is 7. The van der Waals surface area contributed by atoms with Crippen molar-refractivity contribution in [1.82, 2.24) is 20.9 Å². The Morgan fingerprint density at radius 1 is 0.925 bits per heavy atom. The number of amides is 2.